The molecule has 1 aliphatic heterocycles. The van der Waals surface area contributed by atoms with Crippen LogP contribution in [0.2, 0.25) is 0 Å². The lowest BCUT2D eigenvalue weighted by molar-refractivity contribution is -0.0426. The van der Waals surface area contributed by atoms with E-state index in [0.717, 1.165) is 6.54 Å². The average Bonchev–Trinajstić information content (AvgIpc) is 1.79. The summed E-state index contributed by atoms with van der Waals surface area (Å²) in [6, 6.07) is 2.18. The molecule has 0 saturated carbocycles. The predicted octanol–water partition coefficient (Wildman–Crippen LogP) is -0.112. The Hall–Kier alpha value is -0.590. The van der Waals surface area contributed by atoms with Crippen LogP contribution in [0.1, 0.15) is 6.92 Å². The molecule has 1 rings (SSSR count). The first-order valence-corrected chi connectivity index (χ1v) is 3.07. The zero-order valence-corrected chi connectivity index (χ0v) is 5.48. The quantitative estimate of drug-likeness (QED) is 0.561. The largest absolute Gasteiger partial charge is 0.375 e. The number of hydrogen-bond acceptors (Lipinski definition) is 3. The molecule has 0 unspecified atom stereocenters. The summed E-state index contributed by atoms with van der Waals surface area (Å²) in [7, 11) is 0. The van der Waals surface area contributed by atoms with Gasteiger partial charge >= 0.3 is 0 Å². The molecule has 1 heterocycles. The maximum atomic E-state index is 8.58. The Bertz CT molecular complexity index is 134. The number of nitriles is 1. The molecule has 50 valence electrons. The average molecular weight is 126 g/mol. The van der Waals surface area contributed by atoms with E-state index >= 15 is 0 Å². The molecule has 0 aromatic rings. The zero-order chi connectivity index (χ0) is 6.74. The van der Waals surface area contributed by atoms with Crippen molar-refractivity contribution in [2.75, 3.05) is 19.8 Å². The van der Waals surface area contributed by atoms with Crippen LogP contribution in [0.4, 0.5) is 0 Å². The highest BCUT2D eigenvalue weighted by Crippen LogP contribution is 2.14. The van der Waals surface area contributed by atoms with Gasteiger partial charge < -0.3 is 4.74 Å². The molecule has 0 radical (unpaired) electrons. The third-order valence-electron chi connectivity index (χ3n) is 1.43. The fraction of sp³-hybridized carbons (Fsp3) is 0.833. The number of ether oxygens (including phenoxy) is 1. The van der Waals surface area contributed by atoms with Crippen molar-refractivity contribution in [2.24, 2.45) is 0 Å². The molecule has 0 aromatic carbocycles. The molecule has 0 aromatic heterocycles. The van der Waals surface area contributed by atoms with Crippen molar-refractivity contribution in [2.45, 2.75) is 12.5 Å². The van der Waals surface area contributed by atoms with Gasteiger partial charge in [-0.1, -0.05) is 6.92 Å². The van der Waals surface area contributed by atoms with E-state index in [1.54, 1.807) is 0 Å². The minimum absolute atomic E-state index is 0.352. The van der Waals surface area contributed by atoms with Gasteiger partial charge in [0.2, 0.25) is 0 Å². The molecule has 1 N–H and O–H groups in total. The maximum absolute atomic E-state index is 8.58. The molecule has 0 aliphatic carbocycles. The van der Waals surface area contributed by atoms with Crippen LogP contribution in [0.3, 0.4) is 0 Å². The normalized spacial score (nSPS) is 22.2. The van der Waals surface area contributed by atoms with Crippen molar-refractivity contribution in [3.8, 4) is 6.07 Å². The Labute approximate surface area is 54.6 Å². The van der Waals surface area contributed by atoms with Gasteiger partial charge in [0.25, 0.3) is 0 Å². The topological polar surface area (TPSA) is 45.0 Å². The molecule has 9 heavy (non-hydrogen) atoms. The van der Waals surface area contributed by atoms with Crippen LogP contribution < -0.4 is 5.32 Å². The first-order valence-electron chi connectivity index (χ1n) is 3.07. The molecule has 0 spiro atoms. The van der Waals surface area contributed by atoms with Gasteiger partial charge in [-0.2, -0.15) is 5.26 Å². The van der Waals surface area contributed by atoms with E-state index in [0.29, 0.717) is 13.2 Å². The van der Waals surface area contributed by atoms with E-state index in [-0.39, 0.29) is 5.54 Å². The monoisotopic (exact) mass is 126 g/mol. The summed E-state index contributed by atoms with van der Waals surface area (Å²) in [5.74, 6) is 0. The van der Waals surface area contributed by atoms with Crippen molar-refractivity contribution in [1.82, 2.24) is 5.32 Å². The lowest BCUT2D eigenvalue weighted by Crippen LogP contribution is -2.59. The van der Waals surface area contributed by atoms with Gasteiger partial charge in [0.05, 0.1) is 19.3 Å². The first-order chi connectivity index (χ1) is 4.33. The van der Waals surface area contributed by atoms with Crippen molar-refractivity contribution in [3.05, 3.63) is 0 Å². The van der Waals surface area contributed by atoms with Crippen molar-refractivity contribution >= 4 is 0 Å². The number of likely N-dealkylation sites (N-methyl/N-ethyl adjacent to an activating group) is 1. The van der Waals surface area contributed by atoms with Crippen molar-refractivity contribution in [3.63, 3.8) is 0 Å². The molecular weight excluding hydrogens is 116 g/mol. The molecule has 1 fully saturated rings. The molecule has 3 nitrogen and oxygen atoms in total. The van der Waals surface area contributed by atoms with Crippen molar-refractivity contribution in [1.29, 1.82) is 5.26 Å². The van der Waals surface area contributed by atoms with Crippen LogP contribution in [-0.2, 0) is 4.74 Å². The second kappa shape index (κ2) is 2.34. The summed E-state index contributed by atoms with van der Waals surface area (Å²) in [4.78, 5) is 0. The SMILES string of the molecule is CCNC1(C#N)COC1. The molecule has 0 atom stereocenters. The molecule has 1 saturated heterocycles. The Balaban J connectivity index is 2.40. The van der Waals surface area contributed by atoms with E-state index < -0.39 is 0 Å². The summed E-state index contributed by atoms with van der Waals surface area (Å²) in [5, 5.41) is 11.6. The molecule has 3 heteroatoms. The lowest BCUT2D eigenvalue weighted by atomic mass is 10.0. The van der Waals surface area contributed by atoms with Gasteiger partial charge in [-0.15, -0.1) is 0 Å². The summed E-state index contributed by atoms with van der Waals surface area (Å²) in [6.45, 7) is 3.89. The van der Waals surface area contributed by atoms with Crippen LogP contribution in [0.5, 0.6) is 0 Å². The Morgan fingerprint density at radius 1 is 1.78 bits per heavy atom. The number of nitrogens with one attached hydrogen (secondary N) is 1. The molecule has 0 bridgehead atoms. The fourth-order valence-corrected chi connectivity index (χ4v) is 0.851. The zero-order valence-electron chi connectivity index (χ0n) is 5.48. The van der Waals surface area contributed by atoms with E-state index in [2.05, 4.69) is 11.4 Å². The summed E-state index contributed by atoms with van der Waals surface area (Å²) >= 11 is 0. The van der Waals surface area contributed by atoms with Crippen LogP contribution in [0.25, 0.3) is 0 Å². The Morgan fingerprint density at radius 3 is 2.56 bits per heavy atom. The van der Waals surface area contributed by atoms with Gasteiger partial charge in [-0.25, -0.2) is 0 Å². The summed E-state index contributed by atoms with van der Waals surface area (Å²) < 4.78 is 4.90. The highest BCUT2D eigenvalue weighted by atomic mass is 16.5. The van der Waals surface area contributed by atoms with E-state index in [1.807, 2.05) is 6.92 Å². The van der Waals surface area contributed by atoms with Crippen molar-refractivity contribution < 1.29 is 4.74 Å². The Kier molecular flexibility index (Phi) is 1.70. The Morgan fingerprint density at radius 2 is 2.44 bits per heavy atom. The number of nitrogens with zero attached hydrogens (tertiary/aromatic N) is 1. The minimum Gasteiger partial charge on any atom is -0.375 e. The van der Waals surface area contributed by atoms with Crippen LogP contribution in [0.15, 0.2) is 0 Å². The van der Waals surface area contributed by atoms with Gasteiger partial charge in [0.1, 0.15) is 0 Å². The van der Waals surface area contributed by atoms with E-state index in [1.165, 1.54) is 0 Å². The predicted molar refractivity (Wildman–Crippen MR) is 32.8 cm³/mol. The highest BCUT2D eigenvalue weighted by Gasteiger charge is 2.37. The third-order valence-corrected chi connectivity index (χ3v) is 1.43. The standard InChI is InChI=1S/C6H10N2O/c1-2-8-6(3-7)4-9-5-6/h8H,2,4-5H2,1H3. The smallest absolute Gasteiger partial charge is 0.153 e. The first kappa shape index (κ1) is 6.53. The third kappa shape index (κ3) is 1.04. The second-order valence-corrected chi connectivity index (χ2v) is 2.22. The lowest BCUT2D eigenvalue weighted by Gasteiger charge is -2.35. The van der Waals surface area contributed by atoms with Gasteiger partial charge in [-0.05, 0) is 6.54 Å². The van der Waals surface area contributed by atoms with Gasteiger partial charge in [0.15, 0.2) is 5.54 Å². The van der Waals surface area contributed by atoms with Gasteiger partial charge in [-0.3, -0.25) is 5.32 Å². The minimum atomic E-state index is -0.352. The molecular formula is C6H10N2O. The van der Waals surface area contributed by atoms with Crippen LogP contribution >= 0.6 is 0 Å². The summed E-state index contributed by atoms with van der Waals surface area (Å²) in [5.41, 5.74) is -0.352. The fourth-order valence-electron chi connectivity index (χ4n) is 0.851. The van der Waals surface area contributed by atoms with Crippen LogP contribution in [0, 0.1) is 11.3 Å². The van der Waals surface area contributed by atoms with Crippen LogP contribution in [-0.4, -0.2) is 25.3 Å². The second-order valence-electron chi connectivity index (χ2n) is 2.22. The molecule has 1 aliphatic rings. The number of rotatable bonds is 2. The van der Waals surface area contributed by atoms with E-state index in [4.69, 9.17) is 10.00 Å². The highest BCUT2D eigenvalue weighted by molar-refractivity contribution is 5.11. The number of hydrogen-bond donors (Lipinski definition) is 1. The van der Waals surface area contributed by atoms with E-state index in [9.17, 15) is 0 Å². The summed E-state index contributed by atoms with van der Waals surface area (Å²) in [6.07, 6.45) is 0. The maximum Gasteiger partial charge on any atom is 0.153 e. The molecule has 0 amide bonds. The van der Waals surface area contributed by atoms with Gasteiger partial charge in [0, 0.05) is 0 Å².